The van der Waals surface area contributed by atoms with Gasteiger partial charge in [0.1, 0.15) is 23.3 Å². The minimum Gasteiger partial charge on any atom is -0.430 e. The summed E-state index contributed by atoms with van der Waals surface area (Å²) in [5, 5.41) is 19.5. The highest BCUT2D eigenvalue weighted by molar-refractivity contribution is 9.10. The van der Waals surface area contributed by atoms with Crippen molar-refractivity contribution < 1.29 is 13.5 Å². The zero-order chi connectivity index (χ0) is 17.0. The van der Waals surface area contributed by atoms with Crippen molar-refractivity contribution in [3.05, 3.63) is 46.6 Å². The zero-order valence-electron chi connectivity index (χ0n) is 11.5. The zero-order valence-corrected chi connectivity index (χ0v) is 14.2. The second-order valence-electron chi connectivity index (χ2n) is 4.32. The van der Waals surface area contributed by atoms with Gasteiger partial charge in [-0.2, -0.15) is 14.0 Å². The van der Waals surface area contributed by atoms with E-state index in [1.54, 1.807) is 12.1 Å². The summed E-state index contributed by atoms with van der Waals surface area (Å²) in [7, 11) is 1.29. The lowest BCUT2D eigenvalue weighted by Gasteiger charge is -2.14. The van der Waals surface area contributed by atoms with Gasteiger partial charge >= 0.3 is 5.85 Å². The van der Waals surface area contributed by atoms with E-state index in [0.29, 0.717) is 21.5 Å². The van der Waals surface area contributed by atoms with Gasteiger partial charge in [0.25, 0.3) is 0 Å². The van der Waals surface area contributed by atoms with Gasteiger partial charge in [0, 0.05) is 16.4 Å². The number of aromatic nitrogens is 1. The Bertz CT molecular complexity index is 772. The molecule has 0 radical (unpaired) electrons. The van der Waals surface area contributed by atoms with Crippen LogP contribution in [0, 0.1) is 16.7 Å². The predicted molar refractivity (Wildman–Crippen MR) is 89.4 cm³/mol. The van der Waals surface area contributed by atoms with Crippen LogP contribution in [0.3, 0.4) is 0 Å². The van der Waals surface area contributed by atoms with Gasteiger partial charge in [-0.25, -0.2) is 4.98 Å². The Morgan fingerprint density at radius 2 is 2.00 bits per heavy atom. The Labute approximate surface area is 141 Å². The number of hydrogen-bond acceptors (Lipinski definition) is 5. The number of nitrogens with one attached hydrogen (secondary N) is 2. The molecule has 5 nitrogen and oxygen atoms in total. The van der Waals surface area contributed by atoms with Crippen molar-refractivity contribution in [2.24, 2.45) is 0 Å². The molecule has 0 saturated carbocycles. The van der Waals surface area contributed by atoms with Crippen LogP contribution in [0.25, 0.3) is 0 Å². The fourth-order valence-corrected chi connectivity index (χ4v) is 2.37. The van der Waals surface area contributed by atoms with Crippen LogP contribution >= 0.6 is 25.2 Å². The molecular formula is C14H10BrF2N4OP. The Hall–Kier alpha value is -2.10. The molecule has 0 aliphatic carbocycles. The second-order valence-corrected chi connectivity index (χ2v) is 5.84. The third-order valence-corrected chi connectivity index (χ3v) is 3.41. The topological polar surface area (TPSA) is 81.8 Å². The molecule has 0 fully saturated rings. The molecule has 0 bridgehead atoms. The van der Waals surface area contributed by atoms with Crippen molar-refractivity contribution >= 4 is 42.4 Å². The predicted octanol–water partition coefficient (Wildman–Crippen LogP) is 4.28. The average Bonchev–Trinajstić information content (AvgIpc) is 2.47. The van der Waals surface area contributed by atoms with Gasteiger partial charge in [-0.05, 0) is 55.5 Å². The first-order chi connectivity index (χ1) is 10.8. The molecule has 0 spiro atoms. The fourth-order valence-electron chi connectivity index (χ4n) is 1.73. The van der Waals surface area contributed by atoms with Gasteiger partial charge in [0.2, 0.25) is 0 Å². The SMILES string of the molecule is N#CC(=N)c1c(Br)ccnc1Nc1ccc(OC(F)(F)P)cc1. The molecule has 118 valence electrons. The number of ether oxygens (including phenoxy) is 1. The molecule has 2 N–H and O–H groups in total. The van der Waals surface area contributed by atoms with Gasteiger partial charge in [-0.15, -0.1) is 0 Å². The van der Waals surface area contributed by atoms with Crippen LogP contribution in [0.5, 0.6) is 5.75 Å². The van der Waals surface area contributed by atoms with Gasteiger partial charge in [-0.1, -0.05) is 0 Å². The number of nitriles is 1. The molecular weight excluding hydrogens is 389 g/mol. The maximum atomic E-state index is 12.7. The maximum absolute atomic E-state index is 12.7. The first-order valence-corrected chi connectivity index (χ1v) is 7.53. The number of alkyl halides is 2. The fraction of sp³-hybridized carbons (Fsp3) is 0.0714. The summed E-state index contributed by atoms with van der Waals surface area (Å²) in [4.78, 5) is 4.10. The smallest absolute Gasteiger partial charge is 0.408 e. The standard InChI is InChI=1S/C14H10BrF2N4OP/c15-10-5-6-20-13(12(10)11(19)7-18)21-8-1-3-9(4-2-8)22-14(16,17)23/h1-6,19H,23H2,(H,20,21). The number of halogens is 3. The molecule has 0 amide bonds. The van der Waals surface area contributed by atoms with Crippen molar-refractivity contribution in [1.82, 2.24) is 4.98 Å². The molecule has 1 aromatic heterocycles. The Morgan fingerprint density at radius 1 is 1.35 bits per heavy atom. The highest BCUT2D eigenvalue weighted by Gasteiger charge is 2.23. The average molecular weight is 399 g/mol. The molecule has 9 heteroatoms. The number of benzene rings is 1. The summed E-state index contributed by atoms with van der Waals surface area (Å²) < 4.78 is 30.4. The van der Waals surface area contributed by atoms with Crippen molar-refractivity contribution in [3.63, 3.8) is 0 Å². The van der Waals surface area contributed by atoms with Crippen LogP contribution in [0.15, 0.2) is 41.0 Å². The van der Waals surface area contributed by atoms with E-state index in [0.717, 1.165) is 0 Å². The third-order valence-electron chi connectivity index (χ3n) is 2.63. The lowest BCUT2D eigenvalue weighted by Crippen LogP contribution is -2.14. The van der Waals surface area contributed by atoms with Crippen LogP contribution in [0.1, 0.15) is 5.56 Å². The van der Waals surface area contributed by atoms with Gasteiger partial charge < -0.3 is 10.1 Å². The first-order valence-electron chi connectivity index (χ1n) is 6.16. The number of nitrogens with zero attached hydrogens (tertiary/aromatic N) is 2. The summed E-state index contributed by atoms with van der Waals surface area (Å²) in [6.45, 7) is 0. The lowest BCUT2D eigenvalue weighted by molar-refractivity contribution is -0.0892. The van der Waals surface area contributed by atoms with Crippen molar-refractivity contribution in [3.8, 4) is 11.8 Å². The number of rotatable bonds is 5. The molecule has 1 heterocycles. The largest absolute Gasteiger partial charge is 0.430 e. The highest BCUT2D eigenvalue weighted by atomic mass is 79.9. The number of anilines is 2. The first kappa shape index (κ1) is 17.3. The molecule has 1 unspecified atom stereocenters. The summed E-state index contributed by atoms with van der Waals surface area (Å²) in [6, 6.07) is 9.15. The van der Waals surface area contributed by atoms with E-state index < -0.39 is 5.85 Å². The molecule has 23 heavy (non-hydrogen) atoms. The molecule has 0 aliphatic heterocycles. The van der Waals surface area contributed by atoms with E-state index in [-0.39, 0.29) is 11.5 Å². The van der Waals surface area contributed by atoms with Crippen LogP contribution in [0.4, 0.5) is 20.3 Å². The normalized spacial score (nSPS) is 10.7. The molecule has 2 aromatic rings. The summed E-state index contributed by atoms with van der Waals surface area (Å²) in [5.74, 6) is -3.03. The summed E-state index contributed by atoms with van der Waals surface area (Å²) in [6.07, 6.45) is 1.51. The van der Waals surface area contributed by atoms with Gasteiger partial charge in [0.15, 0.2) is 0 Å². The molecule has 0 saturated heterocycles. The lowest BCUT2D eigenvalue weighted by atomic mass is 10.1. The van der Waals surface area contributed by atoms with Crippen LogP contribution in [-0.2, 0) is 0 Å². The van der Waals surface area contributed by atoms with Crippen LogP contribution in [-0.4, -0.2) is 16.5 Å². The molecule has 1 aromatic carbocycles. The van der Waals surface area contributed by atoms with E-state index in [4.69, 9.17) is 10.7 Å². The summed E-state index contributed by atoms with van der Waals surface area (Å²) in [5.41, 5.74) is 0.601. The summed E-state index contributed by atoms with van der Waals surface area (Å²) >= 11 is 3.27. The van der Waals surface area contributed by atoms with Crippen molar-refractivity contribution in [2.45, 2.75) is 5.85 Å². The Morgan fingerprint density at radius 3 is 2.57 bits per heavy atom. The van der Waals surface area contributed by atoms with E-state index in [2.05, 4.69) is 31.0 Å². The van der Waals surface area contributed by atoms with Crippen molar-refractivity contribution in [2.75, 3.05) is 5.32 Å². The quantitative estimate of drug-likeness (QED) is 0.581. The minimum atomic E-state index is -3.34. The second kappa shape index (κ2) is 6.99. The van der Waals surface area contributed by atoms with Crippen molar-refractivity contribution in [1.29, 1.82) is 10.7 Å². The van der Waals surface area contributed by atoms with Gasteiger partial charge in [0.05, 0.1) is 5.56 Å². The molecule has 0 aliphatic rings. The maximum Gasteiger partial charge on any atom is 0.408 e. The third kappa shape index (κ3) is 4.68. The van der Waals surface area contributed by atoms with E-state index in [9.17, 15) is 8.78 Å². The number of pyridine rings is 1. The van der Waals surface area contributed by atoms with E-state index >= 15 is 0 Å². The van der Waals surface area contributed by atoms with E-state index in [1.165, 1.54) is 39.7 Å². The van der Waals surface area contributed by atoms with Gasteiger partial charge in [-0.3, -0.25) is 5.41 Å². The Balaban J connectivity index is 2.25. The van der Waals surface area contributed by atoms with Crippen LogP contribution in [0.2, 0.25) is 0 Å². The highest BCUT2D eigenvalue weighted by Crippen LogP contribution is 2.29. The van der Waals surface area contributed by atoms with Crippen LogP contribution < -0.4 is 10.1 Å². The van der Waals surface area contributed by atoms with E-state index in [1.807, 2.05) is 0 Å². The molecule has 1 atom stereocenters. The Kier molecular flexibility index (Phi) is 5.24. The molecule has 2 rings (SSSR count). The number of hydrogen-bond donors (Lipinski definition) is 2. The monoisotopic (exact) mass is 398 g/mol. The minimum absolute atomic E-state index is 0.00254.